The molecule has 0 bridgehead atoms. The maximum absolute atomic E-state index is 2.38. The van der Waals surface area contributed by atoms with Crippen LogP contribution in [0.1, 0.15) is 11.1 Å². The number of hydrogen-bond acceptors (Lipinski definition) is 0. The molecule has 0 heteroatoms. The highest BCUT2D eigenvalue weighted by atomic mass is 14.2. The Hall–Kier alpha value is -4.68. The van der Waals surface area contributed by atoms with E-state index in [9.17, 15) is 0 Å². The molecule has 0 spiro atoms. The minimum Gasteiger partial charge on any atom is -0.0622 e. The van der Waals surface area contributed by atoms with Crippen molar-refractivity contribution in [3.8, 4) is 55.6 Å². The summed E-state index contributed by atoms with van der Waals surface area (Å²) < 4.78 is 0. The zero-order valence-corrected chi connectivity index (χ0v) is 21.9. The Kier molecular flexibility index (Phi) is 6.46. The van der Waals surface area contributed by atoms with E-state index in [2.05, 4.69) is 159 Å². The van der Waals surface area contributed by atoms with Crippen LogP contribution in [0.2, 0.25) is 0 Å². The van der Waals surface area contributed by atoms with Gasteiger partial charge in [0.15, 0.2) is 0 Å². The predicted molar refractivity (Wildman–Crippen MR) is 163 cm³/mol. The molecule has 0 nitrogen and oxygen atoms in total. The molecule has 0 heterocycles. The fraction of sp³-hybridized carbons (Fsp3) is 0.0526. The first kappa shape index (κ1) is 23.7. The lowest BCUT2D eigenvalue weighted by Gasteiger charge is -2.20. The lowest BCUT2D eigenvalue weighted by atomic mass is 9.84. The summed E-state index contributed by atoms with van der Waals surface area (Å²) in [5, 5.41) is 0. The molecule has 6 aromatic rings. The minimum absolute atomic E-state index is 1.23. The van der Waals surface area contributed by atoms with Crippen LogP contribution in [-0.2, 0) is 0 Å². The third-order valence-electron chi connectivity index (χ3n) is 7.49. The zero-order chi connectivity index (χ0) is 25.9. The van der Waals surface area contributed by atoms with E-state index in [-0.39, 0.29) is 0 Å². The Bertz CT molecular complexity index is 1550. The highest BCUT2D eigenvalue weighted by Crippen LogP contribution is 2.42. The van der Waals surface area contributed by atoms with Crippen LogP contribution in [0.5, 0.6) is 0 Å². The van der Waals surface area contributed by atoms with Gasteiger partial charge in [0.1, 0.15) is 0 Å². The summed E-state index contributed by atoms with van der Waals surface area (Å²) in [7, 11) is 0. The maximum atomic E-state index is 2.38. The smallest absolute Gasteiger partial charge is 0.0139 e. The predicted octanol–water partition coefficient (Wildman–Crippen LogP) is 10.6. The van der Waals surface area contributed by atoms with Crippen LogP contribution in [0.3, 0.4) is 0 Å². The Balaban J connectivity index is 1.66. The molecule has 0 N–H and O–H groups in total. The molecular formula is C38H30. The van der Waals surface area contributed by atoms with Gasteiger partial charge in [0.05, 0.1) is 0 Å². The van der Waals surface area contributed by atoms with Crippen molar-refractivity contribution in [3.63, 3.8) is 0 Å². The molecule has 0 saturated heterocycles. The molecule has 0 aliphatic carbocycles. The molecule has 0 radical (unpaired) electrons. The maximum Gasteiger partial charge on any atom is -0.0139 e. The van der Waals surface area contributed by atoms with Gasteiger partial charge >= 0.3 is 0 Å². The van der Waals surface area contributed by atoms with E-state index < -0.39 is 0 Å². The lowest BCUT2D eigenvalue weighted by Crippen LogP contribution is -1.96. The Morgan fingerprint density at radius 1 is 0.263 bits per heavy atom. The van der Waals surface area contributed by atoms with E-state index >= 15 is 0 Å². The fourth-order valence-corrected chi connectivity index (χ4v) is 5.42. The summed E-state index contributed by atoms with van der Waals surface area (Å²) in [5.41, 5.74) is 15.1. The standard InChI is InChI=1S/C38H30/c1-27-35(31-19-11-5-12-20-31)23-33(29-15-7-3-8-16-29)25-37(27)38-26-34(30-17-9-4-10-18-30)24-36(28(38)2)32-21-13-6-14-22-32/h3-26H,1-2H3. The van der Waals surface area contributed by atoms with Gasteiger partial charge in [0.25, 0.3) is 0 Å². The van der Waals surface area contributed by atoms with E-state index in [1.54, 1.807) is 0 Å². The van der Waals surface area contributed by atoms with Crippen molar-refractivity contribution in [3.05, 3.63) is 157 Å². The third-order valence-corrected chi connectivity index (χ3v) is 7.49. The number of benzene rings is 6. The second kappa shape index (κ2) is 10.4. The van der Waals surface area contributed by atoms with Crippen LogP contribution >= 0.6 is 0 Å². The first-order chi connectivity index (χ1) is 18.7. The van der Waals surface area contributed by atoms with Gasteiger partial charge in [-0.25, -0.2) is 0 Å². The van der Waals surface area contributed by atoms with Gasteiger partial charge in [0.2, 0.25) is 0 Å². The van der Waals surface area contributed by atoms with E-state index in [4.69, 9.17) is 0 Å². The summed E-state index contributed by atoms with van der Waals surface area (Å²) in [6, 6.07) is 52.4. The van der Waals surface area contributed by atoms with E-state index in [0.717, 1.165) is 0 Å². The van der Waals surface area contributed by atoms with Crippen molar-refractivity contribution in [2.24, 2.45) is 0 Å². The topological polar surface area (TPSA) is 0 Å². The van der Waals surface area contributed by atoms with Crippen LogP contribution in [0.25, 0.3) is 55.6 Å². The van der Waals surface area contributed by atoms with Crippen molar-refractivity contribution >= 4 is 0 Å². The summed E-state index contributed by atoms with van der Waals surface area (Å²) in [6.07, 6.45) is 0. The average molecular weight is 487 g/mol. The molecule has 0 aromatic heterocycles. The van der Waals surface area contributed by atoms with Crippen LogP contribution in [0.15, 0.2) is 146 Å². The molecule has 6 aromatic carbocycles. The SMILES string of the molecule is Cc1c(-c2ccccc2)cc(-c2ccccc2)cc1-c1cc(-c2ccccc2)cc(-c2ccccc2)c1C. The number of rotatable bonds is 5. The Morgan fingerprint density at radius 2 is 0.526 bits per heavy atom. The molecule has 38 heavy (non-hydrogen) atoms. The molecule has 182 valence electrons. The van der Waals surface area contributed by atoms with Gasteiger partial charge in [-0.1, -0.05) is 121 Å². The van der Waals surface area contributed by atoms with E-state index in [1.165, 1.54) is 66.8 Å². The Morgan fingerprint density at radius 3 is 0.842 bits per heavy atom. The summed E-state index contributed by atoms with van der Waals surface area (Å²) in [5.74, 6) is 0. The lowest BCUT2D eigenvalue weighted by molar-refractivity contribution is 1.40. The second-order valence-electron chi connectivity index (χ2n) is 9.86. The molecule has 0 unspecified atom stereocenters. The highest BCUT2D eigenvalue weighted by Gasteiger charge is 2.17. The first-order valence-electron chi connectivity index (χ1n) is 13.2. The van der Waals surface area contributed by atoms with Crippen LogP contribution < -0.4 is 0 Å². The Labute approximate surface area is 225 Å². The van der Waals surface area contributed by atoms with Crippen LogP contribution in [0.4, 0.5) is 0 Å². The van der Waals surface area contributed by atoms with Gasteiger partial charge in [-0.3, -0.25) is 0 Å². The van der Waals surface area contributed by atoms with Gasteiger partial charge in [-0.2, -0.15) is 0 Å². The van der Waals surface area contributed by atoms with Gasteiger partial charge in [0, 0.05) is 0 Å². The molecule has 0 saturated carbocycles. The third kappa shape index (κ3) is 4.58. The van der Waals surface area contributed by atoms with Crippen molar-refractivity contribution in [2.45, 2.75) is 13.8 Å². The molecule has 0 atom stereocenters. The van der Waals surface area contributed by atoms with Gasteiger partial charge in [-0.15, -0.1) is 0 Å². The highest BCUT2D eigenvalue weighted by molar-refractivity contribution is 5.90. The van der Waals surface area contributed by atoms with Crippen molar-refractivity contribution < 1.29 is 0 Å². The van der Waals surface area contributed by atoms with Gasteiger partial charge < -0.3 is 0 Å². The van der Waals surface area contributed by atoms with Crippen LogP contribution in [0, 0.1) is 13.8 Å². The quantitative estimate of drug-likeness (QED) is 0.227. The second-order valence-corrected chi connectivity index (χ2v) is 9.86. The molecule has 0 aliphatic rings. The normalized spacial score (nSPS) is 10.9. The van der Waals surface area contributed by atoms with Crippen molar-refractivity contribution in [1.82, 2.24) is 0 Å². The van der Waals surface area contributed by atoms with Crippen LogP contribution in [-0.4, -0.2) is 0 Å². The minimum atomic E-state index is 1.23. The fourth-order valence-electron chi connectivity index (χ4n) is 5.42. The van der Waals surface area contributed by atoms with E-state index in [0.29, 0.717) is 0 Å². The molecule has 0 aliphatic heterocycles. The number of hydrogen-bond donors (Lipinski definition) is 0. The average Bonchev–Trinajstić information content (AvgIpc) is 2.99. The summed E-state index contributed by atoms with van der Waals surface area (Å²) >= 11 is 0. The molecular weight excluding hydrogens is 456 g/mol. The van der Waals surface area contributed by atoms with Crippen molar-refractivity contribution in [2.75, 3.05) is 0 Å². The molecule has 0 amide bonds. The summed E-state index contributed by atoms with van der Waals surface area (Å²) in [6.45, 7) is 4.53. The monoisotopic (exact) mass is 486 g/mol. The first-order valence-corrected chi connectivity index (χ1v) is 13.2. The summed E-state index contributed by atoms with van der Waals surface area (Å²) in [4.78, 5) is 0. The molecule has 0 fully saturated rings. The van der Waals surface area contributed by atoms with E-state index in [1.807, 2.05) is 0 Å². The zero-order valence-electron chi connectivity index (χ0n) is 21.9. The largest absolute Gasteiger partial charge is 0.0622 e. The van der Waals surface area contributed by atoms with Gasteiger partial charge in [-0.05, 0) is 105 Å². The van der Waals surface area contributed by atoms with Crippen molar-refractivity contribution in [1.29, 1.82) is 0 Å². The molecule has 6 rings (SSSR count).